The Hall–Kier alpha value is -1.53. The Morgan fingerprint density at radius 2 is 1.89 bits per heavy atom. The molecule has 1 aliphatic heterocycles. The van der Waals surface area contributed by atoms with Gasteiger partial charge in [0.1, 0.15) is 0 Å². The molecule has 0 aromatic carbocycles. The predicted octanol–water partition coefficient (Wildman–Crippen LogP) is 1.91. The second kappa shape index (κ2) is 6.58. The van der Waals surface area contributed by atoms with Crippen LogP contribution in [-0.2, 0) is 14.3 Å². The van der Waals surface area contributed by atoms with E-state index in [1.807, 2.05) is 0 Å². The van der Waals surface area contributed by atoms with Crippen LogP contribution in [0, 0.1) is 5.92 Å². The standard InChI is InChI=1S/C12H16F3NO3/c1-2-19-11(18)9-3-6-16(7-4-9)8-5-10(17)12(13,14)15/h5,8-9H,2-4,6-7H2,1H3/b8-5+. The van der Waals surface area contributed by atoms with Crippen LogP contribution in [0.4, 0.5) is 13.2 Å². The van der Waals surface area contributed by atoms with Gasteiger partial charge in [-0.15, -0.1) is 0 Å². The van der Waals surface area contributed by atoms with E-state index in [0.29, 0.717) is 38.6 Å². The number of hydrogen-bond donors (Lipinski definition) is 0. The number of hydrogen-bond acceptors (Lipinski definition) is 4. The molecule has 0 radical (unpaired) electrons. The lowest BCUT2D eigenvalue weighted by Gasteiger charge is -2.29. The van der Waals surface area contributed by atoms with E-state index in [9.17, 15) is 22.8 Å². The predicted molar refractivity (Wildman–Crippen MR) is 61.1 cm³/mol. The van der Waals surface area contributed by atoms with Gasteiger partial charge in [-0.2, -0.15) is 13.2 Å². The second-order valence-corrected chi connectivity index (χ2v) is 4.24. The third-order valence-electron chi connectivity index (χ3n) is 2.87. The molecule has 0 unspecified atom stereocenters. The summed E-state index contributed by atoms with van der Waals surface area (Å²) >= 11 is 0. The third-order valence-corrected chi connectivity index (χ3v) is 2.87. The number of carbonyl (C=O) groups is 2. The van der Waals surface area contributed by atoms with Gasteiger partial charge >= 0.3 is 12.1 Å². The van der Waals surface area contributed by atoms with Gasteiger partial charge in [0.25, 0.3) is 5.78 Å². The summed E-state index contributed by atoms with van der Waals surface area (Å²) in [6.07, 6.45) is -2.14. The summed E-state index contributed by atoms with van der Waals surface area (Å²) < 4.78 is 40.8. The van der Waals surface area contributed by atoms with Crippen molar-refractivity contribution in [1.29, 1.82) is 0 Å². The number of halogens is 3. The smallest absolute Gasteiger partial charge is 0.454 e. The summed E-state index contributed by atoms with van der Waals surface area (Å²) in [7, 11) is 0. The number of carbonyl (C=O) groups excluding carboxylic acids is 2. The van der Waals surface area contributed by atoms with Crippen LogP contribution in [0.1, 0.15) is 19.8 Å². The summed E-state index contributed by atoms with van der Waals surface area (Å²) in [5, 5.41) is 0. The number of nitrogens with zero attached hydrogens (tertiary/aromatic N) is 1. The molecule has 0 bridgehead atoms. The lowest BCUT2D eigenvalue weighted by molar-refractivity contribution is -0.165. The SMILES string of the molecule is CCOC(=O)C1CCN(/C=C/C(=O)C(F)(F)F)CC1. The molecule has 1 fully saturated rings. The largest absolute Gasteiger partial charge is 0.466 e. The average molecular weight is 279 g/mol. The van der Waals surface area contributed by atoms with Crippen LogP contribution in [0.3, 0.4) is 0 Å². The molecule has 0 atom stereocenters. The maximum Gasteiger partial charge on any atom is 0.454 e. The van der Waals surface area contributed by atoms with E-state index in [4.69, 9.17) is 4.74 Å². The van der Waals surface area contributed by atoms with E-state index in [1.54, 1.807) is 11.8 Å². The number of alkyl halides is 3. The van der Waals surface area contributed by atoms with Crippen molar-refractivity contribution in [2.45, 2.75) is 25.9 Å². The highest BCUT2D eigenvalue weighted by atomic mass is 19.4. The van der Waals surface area contributed by atoms with Crippen molar-refractivity contribution in [2.75, 3.05) is 19.7 Å². The summed E-state index contributed by atoms with van der Waals surface area (Å²) in [4.78, 5) is 23.7. The highest BCUT2D eigenvalue weighted by molar-refractivity contribution is 5.94. The number of ether oxygens (including phenoxy) is 1. The Balaban J connectivity index is 2.40. The topological polar surface area (TPSA) is 46.6 Å². The van der Waals surface area contributed by atoms with E-state index < -0.39 is 12.0 Å². The number of esters is 1. The van der Waals surface area contributed by atoms with E-state index in [-0.39, 0.29) is 11.9 Å². The molecule has 108 valence electrons. The van der Waals surface area contributed by atoms with Crippen LogP contribution < -0.4 is 0 Å². The minimum absolute atomic E-state index is 0.206. The molecule has 7 heteroatoms. The Morgan fingerprint density at radius 3 is 2.37 bits per heavy atom. The van der Waals surface area contributed by atoms with Crippen LogP contribution in [0.15, 0.2) is 12.3 Å². The van der Waals surface area contributed by atoms with E-state index >= 15 is 0 Å². The molecule has 1 aliphatic rings. The molecular weight excluding hydrogens is 263 g/mol. The van der Waals surface area contributed by atoms with Gasteiger partial charge in [0.2, 0.25) is 0 Å². The molecule has 4 nitrogen and oxygen atoms in total. The average Bonchev–Trinajstić information content (AvgIpc) is 2.35. The van der Waals surface area contributed by atoms with Crippen molar-refractivity contribution in [3.8, 4) is 0 Å². The lowest BCUT2D eigenvalue weighted by atomic mass is 9.97. The number of rotatable bonds is 4. The monoisotopic (exact) mass is 279 g/mol. The highest BCUT2D eigenvalue weighted by Crippen LogP contribution is 2.20. The lowest BCUT2D eigenvalue weighted by Crippen LogP contribution is -2.34. The molecule has 0 spiro atoms. The molecule has 1 rings (SSSR count). The molecule has 1 heterocycles. The Labute approximate surface area is 109 Å². The first kappa shape index (κ1) is 15.5. The third kappa shape index (κ3) is 4.92. The molecule has 0 aromatic rings. The number of ketones is 1. The normalized spacial score (nSPS) is 17.8. The zero-order valence-corrected chi connectivity index (χ0v) is 10.6. The summed E-state index contributed by atoms with van der Waals surface area (Å²) in [6.45, 7) is 2.91. The van der Waals surface area contributed by atoms with Crippen molar-refractivity contribution in [2.24, 2.45) is 5.92 Å². The Bertz CT molecular complexity index is 358. The van der Waals surface area contributed by atoms with Crippen molar-refractivity contribution >= 4 is 11.8 Å². The molecule has 0 saturated carbocycles. The molecule has 1 saturated heterocycles. The van der Waals surface area contributed by atoms with Crippen molar-refractivity contribution < 1.29 is 27.5 Å². The molecule has 19 heavy (non-hydrogen) atoms. The molecule has 0 aromatic heterocycles. The fourth-order valence-electron chi connectivity index (χ4n) is 1.81. The zero-order valence-electron chi connectivity index (χ0n) is 10.6. The number of allylic oxidation sites excluding steroid dienone is 1. The zero-order chi connectivity index (χ0) is 14.5. The Morgan fingerprint density at radius 1 is 1.32 bits per heavy atom. The van der Waals surface area contributed by atoms with Crippen molar-refractivity contribution in [3.63, 3.8) is 0 Å². The van der Waals surface area contributed by atoms with Crippen molar-refractivity contribution in [3.05, 3.63) is 12.3 Å². The Kier molecular flexibility index (Phi) is 5.38. The van der Waals surface area contributed by atoms with Gasteiger partial charge in [0, 0.05) is 25.4 Å². The molecule has 0 N–H and O–H groups in total. The first-order valence-electron chi connectivity index (χ1n) is 6.04. The van der Waals surface area contributed by atoms with Gasteiger partial charge in [-0.25, -0.2) is 0 Å². The van der Waals surface area contributed by atoms with Gasteiger partial charge in [0.05, 0.1) is 12.5 Å². The van der Waals surface area contributed by atoms with Gasteiger partial charge in [-0.1, -0.05) is 0 Å². The quantitative estimate of drug-likeness (QED) is 0.582. The summed E-state index contributed by atoms with van der Waals surface area (Å²) in [5.74, 6) is -2.35. The second-order valence-electron chi connectivity index (χ2n) is 4.24. The van der Waals surface area contributed by atoms with Crippen molar-refractivity contribution in [1.82, 2.24) is 4.90 Å². The number of piperidine rings is 1. The maximum atomic E-state index is 12.0. The fourth-order valence-corrected chi connectivity index (χ4v) is 1.81. The number of likely N-dealkylation sites (tertiary alicyclic amines) is 1. The maximum absolute atomic E-state index is 12.0. The van der Waals surface area contributed by atoms with E-state index in [0.717, 1.165) is 6.20 Å². The molecule has 0 amide bonds. The van der Waals surface area contributed by atoms with Gasteiger partial charge in [-0.05, 0) is 19.8 Å². The first-order valence-corrected chi connectivity index (χ1v) is 6.04. The van der Waals surface area contributed by atoms with Crippen LogP contribution in [-0.4, -0.2) is 42.5 Å². The minimum Gasteiger partial charge on any atom is -0.466 e. The van der Waals surface area contributed by atoms with Gasteiger partial charge in [-0.3, -0.25) is 9.59 Å². The van der Waals surface area contributed by atoms with E-state index in [1.165, 1.54) is 0 Å². The van der Waals surface area contributed by atoms with Crippen LogP contribution in [0.25, 0.3) is 0 Å². The van der Waals surface area contributed by atoms with E-state index in [2.05, 4.69) is 0 Å². The molecule has 0 aliphatic carbocycles. The van der Waals surface area contributed by atoms with Crippen LogP contribution in [0.5, 0.6) is 0 Å². The summed E-state index contributed by atoms with van der Waals surface area (Å²) in [5.41, 5.74) is 0. The van der Waals surface area contributed by atoms with Gasteiger partial charge < -0.3 is 9.64 Å². The summed E-state index contributed by atoms with van der Waals surface area (Å²) in [6, 6.07) is 0. The molecular formula is C12H16F3NO3. The van der Waals surface area contributed by atoms with Gasteiger partial charge in [0.15, 0.2) is 0 Å². The highest BCUT2D eigenvalue weighted by Gasteiger charge is 2.36. The van der Waals surface area contributed by atoms with Crippen LogP contribution in [0.2, 0.25) is 0 Å². The van der Waals surface area contributed by atoms with Crippen LogP contribution >= 0.6 is 0 Å². The fraction of sp³-hybridized carbons (Fsp3) is 0.667. The first-order chi connectivity index (χ1) is 8.84. The minimum atomic E-state index is -4.83.